The van der Waals surface area contributed by atoms with Crippen LogP contribution in [0.3, 0.4) is 0 Å². The van der Waals surface area contributed by atoms with Gasteiger partial charge >= 0.3 is 11.2 Å². The predicted octanol–water partition coefficient (Wildman–Crippen LogP) is 1.69. The molecule has 29 heavy (non-hydrogen) atoms. The van der Waals surface area contributed by atoms with Crippen molar-refractivity contribution in [2.75, 3.05) is 13.1 Å². The predicted molar refractivity (Wildman–Crippen MR) is 111 cm³/mol. The molecular formula is C24H25N4O+. The minimum absolute atomic E-state index is 0.0675. The summed E-state index contributed by atoms with van der Waals surface area (Å²) in [5, 5.41) is 0. The Hall–Kier alpha value is -3.05. The van der Waals surface area contributed by atoms with E-state index in [1.165, 1.54) is 11.3 Å². The molecule has 1 aromatic heterocycles. The van der Waals surface area contributed by atoms with Gasteiger partial charge in [0.05, 0.1) is 17.5 Å². The Bertz CT molecular complexity index is 1240. The van der Waals surface area contributed by atoms with Crippen LogP contribution in [0.1, 0.15) is 27.9 Å². The number of hydrogen-bond acceptors (Lipinski definition) is 3. The number of aryl methyl sites for hydroxylation is 1. The highest BCUT2D eigenvalue weighted by atomic mass is 16.1. The smallest absolute Gasteiger partial charge is 0.294 e. The number of aromatic nitrogens is 2. The van der Waals surface area contributed by atoms with E-state index < -0.39 is 0 Å². The van der Waals surface area contributed by atoms with Gasteiger partial charge in [-0.3, -0.25) is 4.90 Å². The van der Waals surface area contributed by atoms with Crippen molar-refractivity contribution in [2.45, 2.75) is 33.0 Å². The van der Waals surface area contributed by atoms with E-state index in [9.17, 15) is 4.79 Å². The maximum Gasteiger partial charge on any atom is 0.401 e. The molecular weight excluding hydrogens is 360 g/mol. The summed E-state index contributed by atoms with van der Waals surface area (Å²) in [7, 11) is 0. The molecule has 3 aromatic rings. The molecule has 2 aromatic carbocycles. The fourth-order valence-electron chi connectivity index (χ4n) is 4.39. The summed E-state index contributed by atoms with van der Waals surface area (Å²) in [5.41, 5.74) is 6.43. The van der Waals surface area contributed by atoms with E-state index >= 15 is 0 Å². The lowest BCUT2D eigenvalue weighted by Crippen LogP contribution is -2.58. The van der Waals surface area contributed by atoms with Crippen molar-refractivity contribution in [3.63, 3.8) is 0 Å². The maximum atomic E-state index is 13.5. The highest BCUT2D eigenvalue weighted by Crippen LogP contribution is 2.17. The van der Waals surface area contributed by atoms with Crippen LogP contribution in [-0.2, 0) is 26.1 Å². The molecule has 2 aliphatic heterocycles. The third-order valence-corrected chi connectivity index (χ3v) is 5.94. The van der Waals surface area contributed by atoms with Gasteiger partial charge in [0.25, 0.3) is 0 Å². The number of benzene rings is 2. The lowest BCUT2D eigenvalue weighted by molar-refractivity contribution is -0.550. The molecule has 0 unspecified atom stereocenters. The Morgan fingerprint density at radius 1 is 1.07 bits per heavy atom. The molecule has 5 rings (SSSR count). The third-order valence-electron chi connectivity index (χ3n) is 5.94. The third kappa shape index (κ3) is 3.32. The van der Waals surface area contributed by atoms with Gasteiger partial charge in [-0.1, -0.05) is 54.6 Å². The zero-order valence-corrected chi connectivity index (χ0v) is 16.7. The number of fused-ring (bicyclic) bond motifs is 3. The fourth-order valence-corrected chi connectivity index (χ4v) is 4.39. The van der Waals surface area contributed by atoms with Gasteiger partial charge in [0, 0.05) is 31.6 Å². The first-order chi connectivity index (χ1) is 14.2. The molecule has 0 N–H and O–H groups in total. The minimum atomic E-state index is 0.0675. The Balaban J connectivity index is 1.61. The minimum Gasteiger partial charge on any atom is -0.294 e. The molecule has 2 aliphatic rings. The summed E-state index contributed by atoms with van der Waals surface area (Å²) in [6.45, 7) is 6.19. The first-order valence-electron chi connectivity index (χ1n) is 10.2. The van der Waals surface area contributed by atoms with Crippen molar-refractivity contribution in [1.82, 2.24) is 9.47 Å². The van der Waals surface area contributed by atoms with Crippen molar-refractivity contribution >= 4 is 0 Å². The first kappa shape index (κ1) is 18.0. The fraction of sp³-hybridized carbons (Fsp3) is 0.292. The number of rotatable bonds is 3. The molecule has 146 valence electrons. The monoisotopic (exact) mass is 385 g/mol. The van der Waals surface area contributed by atoms with Crippen LogP contribution in [0.15, 0.2) is 64.4 Å². The number of nitrogens with zero attached hydrogens (tertiary/aromatic N) is 4. The van der Waals surface area contributed by atoms with E-state index in [2.05, 4.69) is 57.8 Å². The van der Waals surface area contributed by atoms with Gasteiger partial charge < -0.3 is 0 Å². The van der Waals surface area contributed by atoms with Gasteiger partial charge in [-0.2, -0.15) is 4.24 Å². The van der Waals surface area contributed by atoms with Crippen LogP contribution in [0.2, 0.25) is 0 Å². The zero-order chi connectivity index (χ0) is 19.8. The highest BCUT2D eigenvalue weighted by Gasteiger charge is 2.29. The Kier molecular flexibility index (Phi) is 4.60. The van der Waals surface area contributed by atoms with Crippen molar-refractivity contribution in [3.05, 3.63) is 105 Å². The van der Waals surface area contributed by atoms with Crippen LogP contribution in [-0.4, -0.2) is 22.6 Å². The SMILES string of the molecule is Cc1ccccc1/C=[n+]1/c(=O)c2c(n3c1=NCC3)CCN(Cc1ccccc1)C2. The summed E-state index contributed by atoms with van der Waals surface area (Å²) in [4.78, 5) is 20.6. The lowest BCUT2D eigenvalue weighted by atomic mass is 10.1. The highest BCUT2D eigenvalue weighted by molar-refractivity contribution is 5.28. The molecule has 3 heterocycles. The molecule has 0 aliphatic carbocycles. The Morgan fingerprint density at radius 3 is 2.69 bits per heavy atom. The van der Waals surface area contributed by atoms with Crippen LogP contribution in [0.25, 0.3) is 0 Å². The van der Waals surface area contributed by atoms with E-state index in [0.29, 0.717) is 6.54 Å². The standard InChI is InChI=1S/C24H25N4O/c1-18-7-5-6-10-20(18)16-28-23(29)21-17-26(15-19-8-3-2-4-9-19)13-11-22(21)27-14-12-25-24(27)28/h2-10,16H,11-15,17H2,1H3/q+1/b28-16-. The van der Waals surface area contributed by atoms with Gasteiger partial charge in [-0.25, -0.2) is 9.36 Å². The molecule has 0 bridgehead atoms. The molecule has 5 nitrogen and oxygen atoms in total. The van der Waals surface area contributed by atoms with E-state index in [1.807, 2.05) is 24.4 Å². The van der Waals surface area contributed by atoms with Crippen LogP contribution < -0.4 is 15.4 Å². The quantitative estimate of drug-likeness (QED) is 0.644. The first-order valence-corrected chi connectivity index (χ1v) is 10.2. The average Bonchev–Trinajstić information content (AvgIpc) is 3.23. The summed E-state index contributed by atoms with van der Waals surface area (Å²) in [6, 6.07) is 18.6. The van der Waals surface area contributed by atoms with Gasteiger partial charge in [0.2, 0.25) is 0 Å². The van der Waals surface area contributed by atoms with Crippen molar-refractivity contribution in [3.8, 4) is 0 Å². The average molecular weight is 385 g/mol. The van der Waals surface area contributed by atoms with E-state index in [-0.39, 0.29) is 5.56 Å². The maximum absolute atomic E-state index is 13.5. The molecule has 0 saturated carbocycles. The second kappa shape index (κ2) is 7.41. The van der Waals surface area contributed by atoms with Gasteiger partial charge in [-0.05, 0) is 18.1 Å². The summed E-state index contributed by atoms with van der Waals surface area (Å²) in [6.07, 6.45) is 2.85. The molecule has 0 amide bonds. The Morgan fingerprint density at radius 2 is 1.86 bits per heavy atom. The lowest BCUT2D eigenvalue weighted by Gasteiger charge is -2.27. The zero-order valence-electron chi connectivity index (χ0n) is 16.7. The van der Waals surface area contributed by atoms with E-state index in [4.69, 9.17) is 0 Å². The Labute approximate surface area is 169 Å². The van der Waals surface area contributed by atoms with E-state index in [1.54, 1.807) is 4.24 Å². The topological polar surface area (TPSA) is 43.5 Å². The molecule has 0 fully saturated rings. The van der Waals surface area contributed by atoms with Crippen LogP contribution in [0.4, 0.5) is 0 Å². The van der Waals surface area contributed by atoms with Crippen LogP contribution in [0.5, 0.6) is 0 Å². The second-order valence-corrected chi connectivity index (χ2v) is 7.87. The van der Waals surface area contributed by atoms with Gasteiger partial charge in [0.15, 0.2) is 0 Å². The molecule has 0 atom stereocenters. The summed E-state index contributed by atoms with van der Waals surface area (Å²) < 4.78 is 4.02. The van der Waals surface area contributed by atoms with E-state index in [0.717, 1.165) is 54.9 Å². The molecule has 0 spiro atoms. The molecule has 5 heteroatoms. The van der Waals surface area contributed by atoms with Crippen LogP contribution in [0, 0.1) is 13.1 Å². The van der Waals surface area contributed by atoms with Crippen molar-refractivity contribution in [1.29, 1.82) is 0 Å². The van der Waals surface area contributed by atoms with Gasteiger partial charge in [-0.15, -0.1) is 4.99 Å². The number of hydrogen-bond donors (Lipinski definition) is 0. The van der Waals surface area contributed by atoms with Gasteiger partial charge in [0.1, 0.15) is 13.1 Å². The van der Waals surface area contributed by atoms with Crippen LogP contribution >= 0.6 is 0 Å². The molecule has 0 saturated heterocycles. The van der Waals surface area contributed by atoms with Crippen molar-refractivity contribution < 1.29 is 4.24 Å². The van der Waals surface area contributed by atoms with Crippen molar-refractivity contribution in [2.24, 2.45) is 4.99 Å². The molecule has 0 radical (unpaired) electrons. The summed E-state index contributed by atoms with van der Waals surface area (Å²) in [5.74, 6) is 0. The largest absolute Gasteiger partial charge is 0.401 e. The summed E-state index contributed by atoms with van der Waals surface area (Å²) >= 11 is 0. The normalized spacial score (nSPS) is 16.4. The second-order valence-electron chi connectivity index (χ2n) is 7.87.